The number of ketones is 1. The van der Waals surface area contributed by atoms with Crippen molar-refractivity contribution in [2.24, 2.45) is 0 Å². The molecule has 3 nitrogen and oxygen atoms in total. The van der Waals surface area contributed by atoms with Gasteiger partial charge in [0.15, 0.2) is 5.78 Å². The molecule has 0 radical (unpaired) electrons. The zero-order valence-corrected chi connectivity index (χ0v) is 11.1. The number of benzene rings is 1. The molecule has 0 aliphatic rings. The molecule has 1 aromatic carbocycles. The van der Waals surface area contributed by atoms with Crippen molar-refractivity contribution in [3.05, 3.63) is 41.2 Å². The Balaban J connectivity index is 2.77. The molecule has 0 amide bonds. The molecular formula is C15H17FO3. The Hall–Kier alpha value is -1.97. The van der Waals surface area contributed by atoms with E-state index in [4.69, 9.17) is 4.74 Å². The summed E-state index contributed by atoms with van der Waals surface area (Å²) in [4.78, 5) is 22.1. The molecule has 0 aliphatic carbocycles. The number of carbonyl (C=O) groups excluding carboxylic acids is 2. The van der Waals surface area contributed by atoms with Gasteiger partial charge in [-0.2, -0.15) is 0 Å². The topological polar surface area (TPSA) is 43.4 Å². The summed E-state index contributed by atoms with van der Waals surface area (Å²) in [5.41, 5.74) is 0.787. The number of halogens is 1. The first kappa shape index (κ1) is 15.1. The summed E-state index contributed by atoms with van der Waals surface area (Å²) >= 11 is 0. The van der Waals surface area contributed by atoms with Crippen molar-refractivity contribution in [3.8, 4) is 0 Å². The smallest absolute Gasteiger partial charge is 0.306 e. The minimum Gasteiger partial charge on any atom is -0.466 e. The molecule has 0 aliphatic heterocycles. The minimum absolute atomic E-state index is 0.142. The first-order valence-electron chi connectivity index (χ1n) is 6.16. The van der Waals surface area contributed by atoms with Gasteiger partial charge in [-0.15, -0.1) is 0 Å². The van der Waals surface area contributed by atoms with E-state index in [9.17, 15) is 14.0 Å². The van der Waals surface area contributed by atoms with E-state index in [1.54, 1.807) is 25.1 Å². The molecule has 0 atom stereocenters. The molecule has 0 unspecified atom stereocenters. The molecule has 0 bridgehead atoms. The highest BCUT2D eigenvalue weighted by Crippen LogP contribution is 2.16. The highest BCUT2D eigenvalue weighted by Gasteiger charge is 2.09. The second-order valence-electron chi connectivity index (χ2n) is 4.07. The van der Waals surface area contributed by atoms with Crippen LogP contribution in [0.3, 0.4) is 0 Å². The first-order valence-corrected chi connectivity index (χ1v) is 6.16. The molecule has 1 rings (SSSR count). The largest absolute Gasteiger partial charge is 0.466 e. The number of aryl methyl sites for hydroxylation is 1. The predicted octanol–water partition coefficient (Wildman–Crippen LogP) is 2.92. The molecule has 0 fully saturated rings. The third-order valence-electron chi connectivity index (χ3n) is 2.51. The van der Waals surface area contributed by atoms with Crippen molar-refractivity contribution in [2.75, 3.05) is 6.61 Å². The van der Waals surface area contributed by atoms with Crippen LogP contribution < -0.4 is 0 Å². The average Bonchev–Trinajstić information content (AvgIpc) is 2.36. The van der Waals surface area contributed by atoms with Crippen LogP contribution in [-0.2, 0) is 20.7 Å². The number of rotatable bonds is 6. The van der Waals surface area contributed by atoms with Gasteiger partial charge < -0.3 is 4.74 Å². The van der Waals surface area contributed by atoms with E-state index in [-0.39, 0.29) is 24.6 Å². The van der Waals surface area contributed by atoms with Gasteiger partial charge in [-0.1, -0.05) is 18.2 Å². The van der Waals surface area contributed by atoms with Crippen LogP contribution in [0, 0.1) is 5.82 Å². The van der Waals surface area contributed by atoms with Gasteiger partial charge in [0, 0.05) is 12.0 Å². The van der Waals surface area contributed by atoms with Gasteiger partial charge in [-0.3, -0.25) is 9.59 Å². The standard InChI is InChI=1S/C15H17FO3/c1-3-19-14(18)10-9-13-6-4-5-12(15(13)16)8-7-11(2)17/h4-8H,3,9-10H2,1-2H3/b8-7+. The summed E-state index contributed by atoms with van der Waals surface area (Å²) in [6, 6.07) is 4.91. The molecule has 102 valence electrons. The van der Waals surface area contributed by atoms with Crippen LogP contribution in [0.25, 0.3) is 6.08 Å². The molecule has 0 spiro atoms. The first-order chi connectivity index (χ1) is 9.04. The lowest BCUT2D eigenvalue weighted by Gasteiger charge is -2.05. The van der Waals surface area contributed by atoms with Crippen LogP contribution in [0.5, 0.6) is 0 Å². The second kappa shape index (κ2) is 7.46. The molecule has 19 heavy (non-hydrogen) atoms. The Bertz CT molecular complexity index is 492. The van der Waals surface area contributed by atoms with Gasteiger partial charge in [0.05, 0.1) is 6.61 Å². The zero-order valence-electron chi connectivity index (χ0n) is 11.1. The van der Waals surface area contributed by atoms with Crippen LogP contribution in [0.2, 0.25) is 0 Å². The number of hydrogen-bond donors (Lipinski definition) is 0. The van der Waals surface area contributed by atoms with E-state index in [0.717, 1.165) is 0 Å². The quantitative estimate of drug-likeness (QED) is 0.586. The van der Waals surface area contributed by atoms with Gasteiger partial charge in [-0.05, 0) is 38.0 Å². The molecule has 0 N–H and O–H groups in total. The molecule has 0 aromatic heterocycles. The van der Waals surface area contributed by atoms with Gasteiger partial charge >= 0.3 is 5.97 Å². The number of allylic oxidation sites excluding steroid dienone is 1. The maximum atomic E-state index is 14.0. The van der Waals surface area contributed by atoms with Crippen LogP contribution in [-0.4, -0.2) is 18.4 Å². The second-order valence-corrected chi connectivity index (χ2v) is 4.07. The molecule has 0 saturated carbocycles. The van der Waals surface area contributed by atoms with Crippen molar-refractivity contribution in [1.29, 1.82) is 0 Å². The van der Waals surface area contributed by atoms with Crippen molar-refractivity contribution in [2.45, 2.75) is 26.7 Å². The van der Waals surface area contributed by atoms with Crippen LogP contribution in [0.1, 0.15) is 31.4 Å². The lowest BCUT2D eigenvalue weighted by Crippen LogP contribution is -2.06. The van der Waals surface area contributed by atoms with Crippen LogP contribution in [0.15, 0.2) is 24.3 Å². The fourth-order valence-electron chi connectivity index (χ4n) is 1.60. The Morgan fingerprint density at radius 2 is 2.11 bits per heavy atom. The van der Waals surface area contributed by atoms with Crippen LogP contribution in [0.4, 0.5) is 4.39 Å². The molecule has 0 saturated heterocycles. The maximum absolute atomic E-state index is 14.0. The maximum Gasteiger partial charge on any atom is 0.306 e. The Kier molecular flexibility index (Phi) is 5.93. The number of esters is 1. The van der Waals surface area contributed by atoms with Crippen molar-refractivity contribution >= 4 is 17.8 Å². The lowest BCUT2D eigenvalue weighted by molar-refractivity contribution is -0.143. The van der Waals surface area contributed by atoms with Crippen molar-refractivity contribution in [3.63, 3.8) is 0 Å². The van der Waals surface area contributed by atoms with E-state index < -0.39 is 5.82 Å². The molecule has 0 heterocycles. The fourth-order valence-corrected chi connectivity index (χ4v) is 1.60. The number of hydrogen-bond acceptors (Lipinski definition) is 3. The average molecular weight is 264 g/mol. The Morgan fingerprint density at radius 3 is 2.74 bits per heavy atom. The normalized spacial score (nSPS) is 10.7. The summed E-state index contributed by atoms with van der Waals surface area (Å²) in [5.74, 6) is -0.882. The summed E-state index contributed by atoms with van der Waals surface area (Å²) in [6.07, 6.45) is 3.18. The van der Waals surface area contributed by atoms with E-state index in [1.165, 1.54) is 19.1 Å². The highest BCUT2D eigenvalue weighted by molar-refractivity contribution is 5.91. The van der Waals surface area contributed by atoms with Crippen molar-refractivity contribution in [1.82, 2.24) is 0 Å². The van der Waals surface area contributed by atoms with E-state index in [2.05, 4.69) is 0 Å². The minimum atomic E-state index is -0.399. The monoisotopic (exact) mass is 264 g/mol. The lowest BCUT2D eigenvalue weighted by atomic mass is 10.0. The SMILES string of the molecule is CCOC(=O)CCc1cccc(/C=C/C(C)=O)c1F. The summed E-state index contributed by atoms with van der Waals surface area (Å²) in [7, 11) is 0. The Morgan fingerprint density at radius 1 is 1.37 bits per heavy atom. The molecular weight excluding hydrogens is 247 g/mol. The summed E-state index contributed by atoms with van der Waals surface area (Å²) in [5, 5.41) is 0. The predicted molar refractivity (Wildman–Crippen MR) is 71.1 cm³/mol. The van der Waals surface area contributed by atoms with Gasteiger partial charge in [0.25, 0.3) is 0 Å². The van der Waals surface area contributed by atoms with E-state index in [0.29, 0.717) is 17.7 Å². The molecule has 1 aromatic rings. The molecule has 4 heteroatoms. The number of ether oxygens (including phenoxy) is 1. The van der Waals surface area contributed by atoms with Gasteiger partial charge in [-0.25, -0.2) is 4.39 Å². The van der Waals surface area contributed by atoms with Gasteiger partial charge in [0.1, 0.15) is 5.82 Å². The number of carbonyl (C=O) groups is 2. The zero-order chi connectivity index (χ0) is 14.3. The third kappa shape index (κ3) is 5.04. The van der Waals surface area contributed by atoms with E-state index >= 15 is 0 Å². The Labute approximate surface area is 112 Å². The highest BCUT2D eigenvalue weighted by atomic mass is 19.1. The third-order valence-corrected chi connectivity index (χ3v) is 2.51. The van der Waals surface area contributed by atoms with Crippen molar-refractivity contribution < 1.29 is 18.7 Å². The fraction of sp³-hybridized carbons (Fsp3) is 0.333. The summed E-state index contributed by atoms with van der Waals surface area (Å²) < 4.78 is 18.8. The van der Waals surface area contributed by atoms with Gasteiger partial charge in [0.2, 0.25) is 0 Å². The summed E-state index contributed by atoms with van der Waals surface area (Å²) in [6.45, 7) is 3.45. The van der Waals surface area contributed by atoms with Crippen LogP contribution >= 0.6 is 0 Å². The van der Waals surface area contributed by atoms with E-state index in [1.807, 2.05) is 0 Å².